The van der Waals surface area contributed by atoms with Crippen molar-refractivity contribution in [3.8, 4) is 5.88 Å². The molecule has 0 saturated carbocycles. The maximum Gasteiger partial charge on any atom is 0.479 e. The highest BCUT2D eigenvalue weighted by Gasteiger charge is 2.36. The number of aromatic nitrogens is 2. The third-order valence-corrected chi connectivity index (χ3v) is 1.79. The van der Waals surface area contributed by atoms with Crippen LogP contribution < -0.4 is 4.18 Å². The van der Waals surface area contributed by atoms with E-state index >= 15 is 0 Å². The predicted octanol–water partition coefficient (Wildman–Crippen LogP) is 2.99. The lowest BCUT2D eigenvalue weighted by Crippen LogP contribution is -2.06. The van der Waals surface area contributed by atoms with Crippen molar-refractivity contribution < 1.29 is 30.5 Å². The summed E-state index contributed by atoms with van der Waals surface area (Å²) in [7, 11) is 1.04. The summed E-state index contributed by atoms with van der Waals surface area (Å²) in [6, 6.07) is 0.388. The molecule has 0 radical (unpaired) electrons. The van der Waals surface area contributed by atoms with Crippen LogP contribution in [-0.4, -0.2) is 15.3 Å². The van der Waals surface area contributed by atoms with Crippen molar-refractivity contribution in [1.29, 1.82) is 0 Å². The van der Waals surface area contributed by atoms with Gasteiger partial charge in [0.2, 0.25) is 5.88 Å². The summed E-state index contributed by atoms with van der Waals surface area (Å²) in [5.41, 5.74) is -6.00. The van der Waals surface area contributed by atoms with E-state index in [1.54, 1.807) is 0 Å². The zero-order chi connectivity index (χ0) is 12.6. The van der Waals surface area contributed by atoms with E-state index in [-0.39, 0.29) is 0 Å². The van der Waals surface area contributed by atoms with Crippen LogP contribution in [-0.2, 0) is 13.2 Å². The van der Waals surface area contributed by atoms with Crippen LogP contribution in [0.25, 0.3) is 0 Å². The number of nitrogens with zero attached hydrogens (tertiary/aromatic N) is 2. The molecule has 0 N–H and O–H groups in total. The van der Waals surface area contributed by atoms with E-state index in [4.69, 9.17) is 0 Å². The zero-order valence-electron chi connectivity index (χ0n) is 7.56. The van der Waals surface area contributed by atoms with E-state index in [0.29, 0.717) is 10.7 Å². The largest absolute Gasteiger partial charge is 0.479 e. The van der Waals surface area contributed by atoms with Crippen LogP contribution in [0.1, 0.15) is 5.69 Å². The van der Waals surface area contributed by atoms with Gasteiger partial charge in [0.05, 0.1) is 0 Å². The minimum absolute atomic E-state index is 0.388. The Kier molecular flexibility index (Phi) is 3.31. The van der Waals surface area contributed by atoms with Gasteiger partial charge >= 0.3 is 11.7 Å². The lowest BCUT2D eigenvalue weighted by molar-refractivity contribution is -0.141. The molecule has 0 aliphatic heterocycles. The minimum atomic E-state index is -4.72. The molecule has 0 atom stereocenters. The molecule has 0 aliphatic rings. The first-order valence-electron chi connectivity index (χ1n) is 3.63. The molecular formula is C6H4F6N2OS. The first kappa shape index (κ1) is 13.0. The molecule has 10 heteroatoms. The van der Waals surface area contributed by atoms with Gasteiger partial charge in [0.25, 0.3) is 0 Å². The number of rotatable bonds is 2. The Labute approximate surface area is 89.6 Å². The van der Waals surface area contributed by atoms with E-state index < -0.39 is 35.3 Å². The summed E-state index contributed by atoms with van der Waals surface area (Å²) in [5.74, 6) is -0.630. The highest BCUT2D eigenvalue weighted by Crippen LogP contribution is 2.35. The highest BCUT2D eigenvalue weighted by atomic mass is 32.2. The van der Waals surface area contributed by atoms with E-state index in [2.05, 4.69) is 9.28 Å². The van der Waals surface area contributed by atoms with E-state index in [9.17, 15) is 26.3 Å². The molecule has 0 aliphatic carbocycles. The second-order valence-corrected chi connectivity index (χ2v) is 3.40. The molecule has 0 fully saturated rings. The van der Waals surface area contributed by atoms with Crippen LogP contribution in [0.3, 0.4) is 0 Å². The molecular weight excluding hydrogens is 262 g/mol. The standard InChI is InChI=1S/C6H4F6N2OS/c1-14-4(15-16-6(10,11)12)2-3(13-14)5(7,8)9/h2H,1H3. The number of hydrogen-bond donors (Lipinski definition) is 0. The van der Waals surface area contributed by atoms with Crippen LogP contribution >= 0.6 is 12.0 Å². The topological polar surface area (TPSA) is 27.1 Å². The lowest BCUT2D eigenvalue weighted by atomic mass is 10.4. The minimum Gasteiger partial charge on any atom is -0.397 e. The Hall–Kier alpha value is -1.06. The van der Waals surface area contributed by atoms with Crippen LogP contribution in [0.15, 0.2) is 6.07 Å². The number of aryl methyl sites for hydroxylation is 1. The molecule has 1 aromatic heterocycles. The van der Waals surface area contributed by atoms with Gasteiger partial charge in [-0.2, -0.15) is 31.4 Å². The van der Waals surface area contributed by atoms with E-state index in [0.717, 1.165) is 7.05 Å². The summed E-state index contributed by atoms with van der Waals surface area (Å²) >= 11 is -0.903. The van der Waals surface area contributed by atoms with Crippen molar-refractivity contribution in [2.45, 2.75) is 11.7 Å². The molecule has 92 valence electrons. The molecule has 16 heavy (non-hydrogen) atoms. The number of hydrogen-bond acceptors (Lipinski definition) is 3. The van der Waals surface area contributed by atoms with E-state index in [1.807, 2.05) is 0 Å². The van der Waals surface area contributed by atoms with Crippen molar-refractivity contribution in [1.82, 2.24) is 9.78 Å². The molecule has 0 unspecified atom stereocenters. The molecule has 0 spiro atoms. The SMILES string of the molecule is Cn1nc(C(F)(F)F)cc1OSC(F)(F)F. The molecule has 0 aromatic carbocycles. The van der Waals surface area contributed by atoms with Crippen molar-refractivity contribution in [3.05, 3.63) is 11.8 Å². The maximum absolute atomic E-state index is 12.1. The van der Waals surface area contributed by atoms with Gasteiger partial charge in [-0.3, -0.25) is 0 Å². The fraction of sp³-hybridized carbons (Fsp3) is 0.500. The van der Waals surface area contributed by atoms with Crippen molar-refractivity contribution in [2.24, 2.45) is 7.05 Å². The fourth-order valence-corrected chi connectivity index (χ4v) is 1.09. The molecule has 1 aromatic rings. The fourth-order valence-electron chi connectivity index (χ4n) is 0.757. The van der Waals surface area contributed by atoms with Crippen LogP contribution in [0.2, 0.25) is 0 Å². The Balaban J connectivity index is 2.79. The third-order valence-electron chi connectivity index (χ3n) is 1.35. The van der Waals surface area contributed by atoms with Gasteiger partial charge in [0.15, 0.2) is 17.7 Å². The Bertz CT molecular complexity index is 370. The summed E-state index contributed by atoms with van der Waals surface area (Å²) in [5, 5.41) is 2.97. The quantitative estimate of drug-likeness (QED) is 0.608. The van der Waals surface area contributed by atoms with Crippen molar-refractivity contribution in [2.75, 3.05) is 0 Å². The van der Waals surface area contributed by atoms with Gasteiger partial charge < -0.3 is 4.18 Å². The van der Waals surface area contributed by atoms with Gasteiger partial charge in [-0.05, 0) is 0 Å². The molecule has 0 bridgehead atoms. The molecule has 0 amide bonds. The van der Waals surface area contributed by atoms with Crippen LogP contribution in [0.4, 0.5) is 26.3 Å². The first-order chi connectivity index (χ1) is 7.09. The average molecular weight is 266 g/mol. The maximum atomic E-state index is 12.1. The molecule has 1 heterocycles. The van der Waals surface area contributed by atoms with Gasteiger partial charge in [-0.1, -0.05) is 0 Å². The van der Waals surface area contributed by atoms with Crippen molar-refractivity contribution in [3.63, 3.8) is 0 Å². The van der Waals surface area contributed by atoms with Gasteiger partial charge in [-0.15, -0.1) is 0 Å². The van der Waals surface area contributed by atoms with Crippen molar-refractivity contribution >= 4 is 12.0 Å². The normalized spacial score (nSPS) is 12.9. The highest BCUT2D eigenvalue weighted by molar-refractivity contribution is 7.95. The monoisotopic (exact) mass is 266 g/mol. The Morgan fingerprint density at radius 1 is 1.25 bits per heavy atom. The number of halogens is 6. The second-order valence-electron chi connectivity index (χ2n) is 2.60. The summed E-state index contributed by atoms with van der Waals surface area (Å²) in [6.07, 6.45) is -4.72. The van der Waals surface area contributed by atoms with Gasteiger partial charge in [0.1, 0.15) is 0 Å². The Morgan fingerprint density at radius 2 is 1.81 bits per heavy atom. The summed E-state index contributed by atoms with van der Waals surface area (Å²) in [6.45, 7) is 0. The predicted molar refractivity (Wildman–Crippen MR) is 42.5 cm³/mol. The molecule has 3 nitrogen and oxygen atoms in total. The number of alkyl halides is 6. The van der Waals surface area contributed by atoms with Crippen LogP contribution in [0, 0.1) is 0 Å². The van der Waals surface area contributed by atoms with Gasteiger partial charge in [0, 0.05) is 13.1 Å². The van der Waals surface area contributed by atoms with E-state index in [1.165, 1.54) is 0 Å². The Morgan fingerprint density at radius 3 is 2.19 bits per heavy atom. The second kappa shape index (κ2) is 4.07. The van der Waals surface area contributed by atoms with Gasteiger partial charge in [-0.25, -0.2) is 4.68 Å². The molecule has 1 rings (SSSR count). The summed E-state index contributed by atoms with van der Waals surface area (Å²) < 4.78 is 76.0. The smallest absolute Gasteiger partial charge is 0.397 e. The summed E-state index contributed by atoms with van der Waals surface area (Å²) in [4.78, 5) is 0. The third kappa shape index (κ3) is 3.51. The first-order valence-corrected chi connectivity index (χ1v) is 4.37. The molecule has 0 saturated heterocycles. The average Bonchev–Trinajstić information content (AvgIpc) is 2.41. The zero-order valence-corrected chi connectivity index (χ0v) is 8.37. The van der Waals surface area contributed by atoms with Crippen LogP contribution in [0.5, 0.6) is 5.88 Å². The lowest BCUT2D eigenvalue weighted by Gasteiger charge is -2.05.